The molecule has 240 valence electrons. The number of ketones is 1. The minimum atomic E-state index is -0.724. The van der Waals surface area contributed by atoms with Crippen molar-refractivity contribution in [1.82, 2.24) is 10.6 Å². The first-order valence-corrected chi connectivity index (χ1v) is 16.0. The van der Waals surface area contributed by atoms with Crippen molar-refractivity contribution in [1.29, 1.82) is 0 Å². The van der Waals surface area contributed by atoms with Gasteiger partial charge in [-0.2, -0.15) is 0 Å². The minimum absolute atomic E-state index is 0.0261. The van der Waals surface area contributed by atoms with Crippen LogP contribution < -0.4 is 24.8 Å². The lowest BCUT2D eigenvalue weighted by molar-refractivity contribution is -0.127. The van der Waals surface area contributed by atoms with Gasteiger partial charge in [-0.25, -0.2) is 0 Å². The van der Waals surface area contributed by atoms with E-state index < -0.39 is 11.7 Å². The first-order valence-electron chi connectivity index (χ1n) is 16.0. The van der Waals surface area contributed by atoms with Crippen molar-refractivity contribution in [2.75, 3.05) is 21.3 Å². The minimum Gasteiger partial charge on any atom is -0.493 e. The lowest BCUT2D eigenvalue weighted by Gasteiger charge is -2.33. The Hall–Kier alpha value is -4.33. The van der Waals surface area contributed by atoms with Gasteiger partial charge in [0.15, 0.2) is 11.5 Å². The normalized spacial score (nSPS) is 16.1. The molecule has 8 nitrogen and oxygen atoms in total. The van der Waals surface area contributed by atoms with Gasteiger partial charge in [-0.3, -0.25) is 14.4 Å². The van der Waals surface area contributed by atoms with Gasteiger partial charge in [-0.1, -0.05) is 73.5 Å². The zero-order valence-electron chi connectivity index (χ0n) is 26.7. The molecule has 0 aromatic heterocycles. The Morgan fingerprint density at radius 3 is 1.67 bits per heavy atom. The second-order valence-corrected chi connectivity index (χ2v) is 11.7. The van der Waals surface area contributed by atoms with E-state index in [0.717, 1.165) is 57.8 Å². The summed E-state index contributed by atoms with van der Waals surface area (Å²) in [6.45, 7) is 0. The maximum atomic E-state index is 13.8. The van der Waals surface area contributed by atoms with Crippen molar-refractivity contribution < 1.29 is 28.6 Å². The van der Waals surface area contributed by atoms with Gasteiger partial charge < -0.3 is 24.8 Å². The SMILES string of the molecule is COc1cc(C(=O)C(=O)N[C@H]2CCCC[C@H]2NC(=O)C(CCCc2ccccc2)CCCc2ccccc2)cc(OC)c1OC. The van der Waals surface area contributed by atoms with Crippen molar-refractivity contribution >= 4 is 17.6 Å². The molecule has 2 amide bonds. The van der Waals surface area contributed by atoms with Crippen LogP contribution in [0.15, 0.2) is 72.8 Å². The van der Waals surface area contributed by atoms with Crippen LogP contribution in [0.1, 0.15) is 72.9 Å². The number of methoxy groups -OCH3 is 3. The zero-order valence-corrected chi connectivity index (χ0v) is 26.7. The van der Waals surface area contributed by atoms with Crippen LogP contribution in [0.3, 0.4) is 0 Å². The van der Waals surface area contributed by atoms with Gasteiger partial charge in [0, 0.05) is 23.6 Å². The maximum absolute atomic E-state index is 13.8. The summed E-state index contributed by atoms with van der Waals surface area (Å²) >= 11 is 0. The van der Waals surface area contributed by atoms with E-state index in [4.69, 9.17) is 14.2 Å². The van der Waals surface area contributed by atoms with Crippen molar-refractivity contribution in [2.24, 2.45) is 5.92 Å². The number of rotatable bonds is 16. The number of carbonyl (C=O) groups excluding carboxylic acids is 3. The molecule has 0 saturated heterocycles. The molecule has 0 unspecified atom stereocenters. The number of carbonyl (C=O) groups is 3. The summed E-state index contributed by atoms with van der Waals surface area (Å²) < 4.78 is 16.0. The van der Waals surface area contributed by atoms with Crippen LogP contribution in [0.4, 0.5) is 0 Å². The van der Waals surface area contributed by atoms with Gasteiger partial charge >= 0.3 is 0 Å². The van der Waals surface area contributed by atoms with E-state index in [-0.39, 0.29) is 29.5 Å². The molecule has 1 fully saturated rings. The lowest BCUT2D eigenvalue weighted by atomic mass is 9.88. The third-order valence-electron chi connectivity index (χ3n) is 8.64. The molecule has 0 heterocycles. The van der Waals surface area contributed by atoms with E-state index in [1.54, 1.807) is 0 Å². The molecule has 3 aromatic carbocycles. The monoisotopic (exact) mass is 614 g/mol. The Labute approximate surface area is 266 Å². The van der Waals surface area contributed by atoms with Crippen molar-refractivity contribution in [3.63, 3.8) is 0 Å². The van der Waals surface area contributed by atoms with Crippen molar-refractivity contribution in [3.8, 4) is 17.2 Å². The largest absolute Gasteiger partial charge is 0.493 e. The summed E-state index contributed by atoms with van der Waals surface area (Å²) in [6.07, 6.45) is 8.56. The molecule has 2 N–H and O–H groups in total. The smallest absolute Gasteiger partial charge is 0.292 e. The molecule has 0 spiro atoms. The van der Waals surface area contributed by atoms with E-state index in [0.29, 0.717) is 23.7 Å². The fourth-order valence-corrected chi connectivity index (χ4v) is 6.16. The molecule has 45 heavy (non-hydrogen) atoms. The first-order chi connectivity index (χ1) is 21.9. The quantitative estimate of drug-likeness (QED) is 0.149. The van der Waals surface area contributed by atoms with Crippen molar-refractivity contribution in [3.05, 3.63) is 89.5 Å². The molecule has 8 heteroatoms. The molecular weight excluding hydrogens is 568 g/mol. The van der Waals surface area contributed by atoms with Crippen LogP contribution in [0, 0.1) is 5.92 Å². The number of nitrogens with one attached hydrogen (secondary N) is 2. The van der Waals surface area contributed by atoms with Gasteiger partial charge in [0.25, 0.3) is 5.91 Å². The predicted octanol–water partition coefficient (Wildman–Crippen LogP) is 6.10. The summed E-state index contributed by atoms with van der Waals surface area (Å²) in [5.41, 5.74) is 2.68. The third kappa shape index (κ3) is 9.58. The van der Waals surface area contributed by atoms with Crippen LogP contribution >= 0.6 is 0 Å². The Bertz CT molecular complexity index is 1320. The number of hydrogen-bond donors (Lipinski definition) is 2. The van der Waals surface area contributed by atoms with Crippen LogP contribution in [-0.4, -0.2) is 51.0 Å². The molecule has 1 aliphatic rings. The molecule has 0 bridgehead atoms. The molecule has 1 saturated carbocycles. The highest BCUT2D eigenvalue weighted by atomic mass is 16.5. The molecule has 0 radical (unpaired) electrons. The number of Topliss-reactive ketones (excluding diaryl/α,β-unsaturated/α-hetero) is 1. The highest BCUT2D eigenvalue weighted by Gasteiger charge is 2.32. The van der Waals surface area contributed by atoms with Crippen molar-refractivity contribution in [2.45, 2.75) is 76.3 Å². The van der Waals surface area contributed by atoms with Crippen LogP contribution in [0.2, 0.25) is 0 Å². The number of aryl methyl sites for hydroxylation is 2. The van der Waals surface area contributed by atoms with E-state index >= 15 is 0 Å². The van der Waals surface area contributed by atoms with Gasteiger partial charge in [0.05, 0.1) is 21.3 Å². The third-order valence-corrected chi connectivity index (χ3v) is 8.64. The lowest BCUT2D eigenvalue weighted by Crippen LogP contribution is -2.55. The average Bonchev–Trinajstić information content (AvgIpc) is 3.08. The van der Waals surface area contributed by atoms with Gasteiger partial charge in [-0.15, -0.1) is 0 Å². The summed E-state index contributed by atoms with van der Waals surface area (Å²) in [6, 6.07) is 23.1. The summed E-state index contributed by atoms with van der Waals surface area (Å²) in [5, 5.41) is 6.21. The Kier molecular flexibility index (Phi) is 12.9. The Morgan fingerprint density at radius 1 is 0.711 bits per heavy atom. The second kappa shape index (κ2) is 17.2. The molecule has 2 atom stereocenters. The maximum Gasteiger partial charge on any atom is 0.292 e. The Morgan fingerprint density at radius 2 is 1.20 bits per heavy atom. The first kappa shape index (κ1) is 33.6. The standard InChI is InChI=1S/C37H46N2O6/c1-43-32-24-29(25-33(44-2)35(32)45-3)34(40)37(42)39-31-23-11-10-22-30(31)38-36(41)28(20-12-18-26-14-6-4-7-15-26)21-13-19-27-16-8-5-9-17-27/h4-9,14-17,24-25,28,30-31H,10-13,18-23H2,1-3H3,(H,38,41)(H,39,42)/t30-,31+/m1/s1. The van der Waals surface area contributed by atoms with Gasteiger partial charge in [0.1, 0.15) is 0 Å². The van der Waals surface area contributed by atoms with E-state index in [9.17, 15) is 14.4 Å². The van der Waals surface area contributed by atoms with E-state index in [1.807, 2.05) is 36.4 Å². The fraction of sp³-hybridized carbons (Fsp3) is 0.432. The summed E-state index contributed by atoms with van der Waals surface area (Å²) in [7, 11) is 4.39. The number of hydrogen-bond acceptors (Lipinski definition) is 6. The number of benzene rings is 3. The molecule has 0 aliphatic heterocycles. The fourth-order valence-electron chi connectivity index (χ4n) is 6.16. The Balaban J connectivity index is 1.40. The van der Waals surface area contributed by atoms with E-state index in [1.165, 1.54) is 44.6 Å². The van der Waals surface area contributed by atoms with Crippen LogP contribution in [0.25, 0.3) is 0 Å². The number of ether oxygens (including phenoxy) is 3. The molecule has 1 aliphatic carbocycles. The number of amides is 2. The zero-order chi connectivity index (χ0) is 32.0. The van der Waals surface area contributed by atoms with Gasteiger partial charge in [-0.05, 0) is 74.6 Å². The molecular formula is C37H46N2O6. The van der Waals surface area contributed by atoms with Gasteiger partial charge in [0.2, 0.25) is 17.4 Å². The predicted molar refractivity (Wildman–Crippen MR) is 175 cm³/mol. The highest BCUT2D eigenvalue weighted by Crippen LogP contribution is 2.38. The summed E-state index contributed by atoms with van der Waals surface area (Å²) in [4.78, 5) is 40.2. The highest BCUT2D eigenvalue weighted by molar-refractivity contribution is 6.43. The second-order valence-electron chi connectivity index (χ2n) is 11.7. The van der Waals surface area contributed by atoms with Crippen LogP contribution in [-0.2, 0) is 22.4 Å². The molecule has 3 aromatic rings. The van der Waals surface area contributed by atoms with E-state index in [2.05, 4.69) is 34.9 Å². The average molecular weight is 615 g/mol. The molecule has 4 rings (SSSR count). The summed E-state index contributed by atoms with van der Waals surface area (Å²) in [5.74, 6) is -0.603. The van der Waals surface area contributed by atoms with Crippen LogP contribution in [0.5, 0.6) is 17.2 Å². The topological polar surface area (TPSA) is 103 Å².